The molecule has 0 aliphatic heterocycles. The van der Waals surface area contributed by atoms with Crippen LogP contribution in [0.2, 0.25) is 0 Å². The summed E-state index contributed by atoms with van der Waals surface area (Å²) in [6.07, 6.45) is 0.715. The Kier molecular flexibility index (Phi) is 13.9. The van der Waals surface area contributed by atoms with Crippen LogP contribution in [-0.2, 0) is 29.4 Å². The van der Waals surface area contributed by atoms with Crippen molar-refractivity contribution in [3.8, 4) is 22.3 Å². The van der Waals surface area contributed by atoms with E-state index in [1.807, 2.05) is 0 Å². The molecule has 0 unspecified atom stereocenters. The first-order valence-electron chi connectivity index (χ1n) is 20.5. The van der Waals surface area contributed by atoms with Gasteiger partial charge in [0.2, 0.25) is 0 Å². The van der Waals surface area contributed by atoms with Gasteiger partial charge in [0.25, 0.3) is 0 Å². The molecule has 11 rings (SSSR count). The van der Waals surface area contributed by atoms with Gasteiger partial charge in [-0.2, -0.15) is 12.1 Å². The van der Waals surface area contributed by atoms with Crippen LogP contribution in [0.1, 0.15) is 27.8 Å². The van der Waals surface area contributed by atoms with Crippen molar-refractivity contribution in [1.29, 1.82) is 0 Å². The van der Waals surface area contributed by atoms with Crippen LogP contribution in [0.25, 0.3) is 86.9 Å². The van der Waals surface area contributed by atoms with E-state index in [4.69, 9.17) is 0 Å². The zero-order valence-electron chi connectivity index (χ0n) is 34.9. The molecule has 61 heavy (non-hydrogen) atoms. The molecule has 0 bridgehead atoms. The van der Waals surface area contributed by atoms with Crippen LogP contribution in [0.15, 0.2) is 188 Å². The molecule has 0 aromatic heterocycles. The minimum atomic E-state index is 0. The number of hydrogen-bond donors (Lipinski definition) is 0. The zero-order valence-corrected chi connectivity index (χ0v) is 40.1. The SMILES string of the molecule is Cc1cc(-c2cccc3cc4ccccc4cc23)c2cc(C)[cH-]c2c1.Cc1cc(-c2cccc3cc4ccccc4cc23)c2cc(C)[cH-]c2c1.[Cl-].[Cl-].[Zr+2]=[SiH]Cc1ccccc1. The van der Waals surface area contributed by atoms with Gasteiger partial charge < -0.3 is 24.8 Å². The van der Waals surface area contributed by atoms with Gasteiger partial charge >= 0.3 is 71.4 Å². The fourth-order valence-corrected chi connectivity index (χ4v) is 11.1. The van der Waals surface area contributed by atoms with E-state index < -0.39 is 0 Å². The summed E-state index contributed by atoms with van der Waals surface area (Å²) in [6, 6.07) is 70.2. The van der Waals surface area contributed by atoms with E-state index in [2.05, 4.69) is 216 Å². The topological polar surface area (TPSA) is 0 Å². The van der Waals surface area contributed by atoms with E-state index in [9.17, 15) is 0 Å². The molecule has 11 aromatic carbocycles. The predicted molar refractivity (Wildman–Crippen MR) is 256 cm³/mol. The molecule has 0 atom stereocenters. The van der Waals surface area contributed by atoms with Gasteiger partial charge in [-0.25, -0.2) is 0 Å². The molecule has 11 aromatic rings. The molecule has 0 aliphatic rings. The first kappa shape index (κ1) is 44.0. The molecule has 0 N–H and O–H groups in total. The zero-order chi connectivity index (χ0) is 40.5. The molecule has 0 fully saturated rings. The van der Waals surface area contributed by atoms with Gasteiger partial charge in [-0.05, 0) is 92.3 Å². The molecule has 0 aliphatic carbocycles. The van der Waals surface area contributed by atoms with E-state index in [-0.39, 0.29) is 24.8 Å². The molecular weight excluding hydrogens is 875 g/mol. The maximum atomic E-state index is 2.34. The Morgan fingerprint density at radius 1 is 0.377 bits per heavy atom. The standard InChI is InChI=1S/2C25H19.C7H8Si.2ClH.Zr/c2*1-16-10-21-11-17(2)13-25(23(21)12-16)22-9-5-8-20-14-18-6-3-4-7-19(18)15-24(20)22;8-6-7-4-2-1-3-5-7;;;/h2*3-15H,1-2H3;1-5,8H,6H2;2*1H;/q2*-1;;;;+2/p-2. The van der Waals surface area contributed by atoms with Crippen molar-refractivity contribution in [1.82, 2.24) is 0 Å². The third-order valence-corrected chi connectivity index (χ3v) is 13.7. The Balaban J connectivity index is 0.000000149. The fourth-order valence-electron chi connectivity index (χ4n) is 8.82. The molecule has 0 saturated heterocycles. The van der Waals surface area contributed by atoms with Crippen LogP contribution in [0.3, 0.4) is 0 Å². The Morgan fingerprint density at radius 2 is 0.770 bits per heavy atom. The number of halogens is 2. The summed E-state index contributed by atoms with van der Waals surface area (Å²) in [6.45, 7) is 8.73. The normalized spacial score (nSPS) is 10.9. The van der Waals surface area contributed by atoms with E-state index >= 15 is 0 Å². The average molecular weight is 921 g/mol. The summed E-state index contributed by atoms with van der Waals surface area (Å²) in [7, 11) is 0. The fraction of sp³-hybridized carbons (Fsp3) is 0.0877. The van der Waals surface area contributed by atoms with E-state index in [0.29, 0.717) is 6.16 Å². The first-order chi connectivity index (χ1) is 28.8. The quantitative estimate of drug-likeness (QED) is 0.0939. The predicted octanol–water partition coefficient (Wildman–Crippen LogP) is 9.39. The number of benzene rings is 9. The number of rotatable bonds is 4. The van der Waals surface area contributed by atoms with Crippen LogP contribution in [-0.4, -0.2) is 6.16 Å². The Hall–Kier alpha value is -5.08. The summed E-state index contributed by atoms with van der Waals surface area (Å²) in [4.78, 5) is 0. The molecule has 0 nitrogen and oxygen atoms in total. The molecule has 0 heterocycles. The number of fused-ring (bicyclic) bond motifs is 6. The van der Waals surface area contributed by atoms with Gasteiger partial charge in [-0.15, -0.1) is 56.9 Å². The Morgan fingerprint density at radius 3 is 1.20 bits per heavy atom. The van der Waals surface area contributed by atoms with E-state index in [1.54, 1.807) is 23.3 Å². The third-order valence-electron chi connectivity index (χ3n) is 11.5. The van der Waals surface area contributed by atoms with Crippen LogP contribution < -0.4 is 24.8 Å². The molecule has 298 valence electrons. The Bertz CT molecular complexity index is 3120. The minimum absolute atomic E-state index is 0. The van der Waals surface area contributed by atoms with Crippen molar-refractivity contribution in [2.24, 2.45) is 0 Å². The van der Waals surface area contributed by atoms with Crippen LogP contribution in [0, 0.1) is 27.7 Å². The monoisotopic (exact) mass is 918 g/mol. The van der Waals surface area contributed by atoms with Gasteiger partial charge in [0.1, 0.15) is 0 Å². The summed E-state index contributed by atoms with van der Waals surface area (Å²) in [5.74, 6) is 0. The van der Waals surface area contributed by atoms with Crippen LogP contribution >= 0.6 is 0 Å². The van der Waals surface area contributed by atoms with Crippen molar-refractivity contribution >= 4 is 70.8 Å². The van der Waals surface area contributed by atoms with E-state index in [0.717, 1.165) is 0 Å². The molecule has 0 spiro atoms. The summed E-state index contributed by atoms with van der Waals surface area (Å²) >= 11 is 1.72. The molecular formula is C57H46Cl2SiZr-2. The Labute approximate surface area is 387 Å². The van der Waals surface area contributed by atoms with Crippen molar-refractivity contribution < 1.29 is 48.1 Å². The van der Waals surface area contributed by atoms with Gasteiger partial charge in [0.15, 0.2) is 0 Å². The molecule has 0 amide bonds. The average Bonchev–Trinajstić information content (AvgIpc) is 3.82. The summed E-state index contributed by atoms with van der Waals surface area (Å²) in [5.41, 5.74) is 12.1. The second-order valence-corrected chi connectivity index (χ2v) is 19.9. The summed E-state index contributed by atoms with van der Waals surface area (Å²) < 4.78 is 0. The van der Waals surface area contributed by atoms with Gasteiger partial charge in [-0.3, -0.25) is 0 Å². The van der Waals surface area contributed by atoms with Gasteiger partial charge in [0.05, 0.1) is 0 Å². The van der Waals surface area contributed by atoms with Crippen LogP contribution in [0.4, 0.5) is 0 Å². The molecule has 4 heteroatoms. The first-order valence-corrected chi connectivity index (χ1v) is 26.2. The number of aryl methyl sites for hydroxylation is 4. The van der Waals surface area contributed by atoms with Gasteiger partial charge in [-0.1, -0.05) is 133 Å². The van der Waals surface area contributed by atoms with E-state index in [1.165, 1.54) is 121 Å². The second-order valence-electron chi connectivity index (χ2n) is 16.0. The second kappa shape index (κ2) is 19.3. The summed E-state index contributed by atoms with van der Waals surface area (Å²) in [5, 5.41) is 15.8. The van der Waals surface area contributed by atoms with Crippen molar-refractivity contribution in [2.75, 3.05) is 0 Å². The van der Waals surface area contributed by atoms with Crippen molar-refractivity contribution in [3.63, 3.8) is 0 Å². The molecule has 0 radical (unpaired) electrons. The van der Waals surface area contributed by atoms with Gasteiger partial charge in [0, 0.05) is 0 Å². The number of hydrogen-bond acceptors (Lipinski definition) is 0. The van der Waals surface area contributed by atoms with Crippen molar-refractivity contribution in [3.05, 3.63) is 216 Å². The molecule has 0 saturated carbocycles. The third kappa shape index (κ3) is 9.40. The van der Waals surface area contributed by atoms with Crippen molar-refractivity contribution in [2.45, 2.75) is 33.7 Å². The van der Waals surface area contributed by atoms with Crippen LogP contribution in [0.5, 0.6) is 0 Å². The maximum absolute atomic E-state index is 2.34.